The third-order valence-electron chi connectivity index (χ3n) is 4.95. The fraction of sp³-hybridized carbons (Fsp3) is 0.227. The van der Waals surface area contributed by atoms with Crippen LogP contribution in [0.15, 0.2) is 51.9 Å². The van der Waals surface area contributed by atoms with Gasteiger partial charge in [-0.25, -0.2) is 14.8 Å². The number of imidazole rings is 1. The van der Waals surface area contributed by atoms with Crippen molar-refractivity contribution in [1.29, 1.82) is 0 Å². The summed E-state index contributed by atoms with van der Waals surface area (Å²) in [5.41, 5.74) is 6.85. The Morgan fingerprint density at radius 1 is 1.10 bits per heavy atom. The molecule has 2 N–H and O–H groups in total. The van der Waals surface area contributed by atoms with Gasteiger partial charge in [0, 0.05) is 12.1 Å². The number of carbonyl (C=O) groups is 2. The summed E-state index contributed by atoms with van der Waals surface area (Å²) in [6.07, 6.45) is 2.11. The first-order chi connectivity index (χ1) is 14.9. The number of nitrogens with two attached hydrogens (primary N) is 1. The molecular weight excluding hydrogens is 398 g/mol. The maximum Gasteiger partial charge on any atom is 0.330 e. The van der Waals surface area contributed by atoms with Crippen LogP contribution in [0.3, 0.4) is 0 Å². The van der Waals surface area contributed by atoms with Gasteiger partial charge in [-0.3, -0.25) is 18.7 Å². The number of rotatable bonds is 7. The van der Waals surface area contributed by atoms with Gasteiger partial charge >= 0.3 is 5.69 Å². The van der Waals surface area contributed by atoms with Crippen molar-refractivity contribution >= 4 is 22.9 Å². The SMILES string of the molecule is CCCn1c(=O)n(CC(=O)c2ccc(C)cc2)c2c(C(N)=O)nc(-c3ccco3)nc21. The fourth-order valence-corrected chi connectivity index (χ4v) is 3.45. The minimum Gasteiger partial charge on any atom is -0.461 e. The number of aromatic nitrogens is 4. The summed E-state index contributed by atoms with van der Waals surface area (Å²) in [6, 6.07) is 10.4. The number of nitrogens with zero attached hydrogens (tertiary/aromatic N) is 4. The molecule has 0 aliphatic rings. The van der Waals surface area contributed by atoms with E-state index >= 15 is 0 Å². The average Bonchev–Trinajstić information content (AvgIpc) is 3.37. The molecule has 3 heterocycles. The molecule has 0 bridgehead atoms. The predicted molar refractivity (Wildman–Crippen MR) is 114 cm³/mol. The highest BCUT2D eigenvalue weighted by atomic mass is 16.3. The molecule has 0 aliphatic heterocycles. The second-order valence-corrected chi connectivity index (χ2v) is 7.22. The van der Waals surface area contributed by atoms with Gasteiger partial charge in [0.1, 0.15) is 5.52 Å². The summed E-state index contributed by atoms with van der Waals surface area (Å²) < 4.78 is 8.00. The lowest BCUT2D eigenvalue weighted by atomic mass is 10.1. The summed E-state index contributed by atoms with van der Waals surface area (Å²) in [6.45, 7) is 3.92. The van der Waals surface area contributed by atoms with Crippen LogP contribution in [-0.2, 0) is 13.1 Å². The highest BCUT2D eigenvalue weighted by Crippen LogP contribution is 2.22. The molecule has 0 atom stereocenters. The second kappa shape index (κ2) is 8.02. The average molecular weight is 419 g/mol. The highest BCUT2D eigenvalue weighted by molar-refractivity contribution is 6.03. The van der Waals surface area contributed by atoms with Gasteiger partial charge in [-0.05, 0) is 25.5 Å². The van der Waals surface area contributed by atoms with E-state index in [-0.39, 0.29) is 35.0 Å². The summed E-state index contributed by atoms with van der Waals surface area (Å²) in [5, 5.41) is 0. The monoisotopic (exact) mass is 419 g/mol. The van der Waals surface area contributed by atoms with Crippen molar-refractivity contribution in [3.8, 4) is 11.6 Å². The van der Waals surface area contributed by atoms with Crippen LogP contribution in [0.4, 0.5) is 0 Å². The Labute approximate surface area is 177 Å². The summed E-state index contributed by atoms with van der Waals surface area (Å²) in [4.78, 5) is 47.1. The van der Waals surface area contributed by atoms with Gasteiger partial charge in [-0.15, -0.1) is 0 Å². The molecule has 9 nitrogen and oxygen atoms in total. The number of aryl methyl sites for hydroxylation is 2. The number of amides is 1. The van der Waals surface area contributed by atoms with Gasteiger partial charge in [0.05, 0.1) is 12.8 Å². The molecule has 0 saturated carbocycles. The molecule has 0 spiro atoms. The van der Waals surface area contributed by atoms with E-state index in [4.69, 9.17) is 10.2 Å². The van der Waals surface area contributed by atoms with Gasteiger partial charge in [0.25, 0.3) is 5.91 Å². The number of Topliss-reactive ketones (excluding diaryl/α,β-unsaturated/α-hetero) is 1. The van der Waals surface area contributed by atoms with Gasteiger partial charge < -0.3 is 10.2 Å². The van der Waals surface area contributed by atoms with Crippen LogP contribution in [0.25, 0.3) is 22.7 Å². The molecule has 4 aromatic rings. The van der Waals surface area contributed by atoms with Crippen LogP contribution in [-0.4, -0.2) is 30.8 Å². The molecule has 9 heteroatoms. The van der Waals surface area contributed by atoms with E-state index in [2.05, 4.69) is 9.97 Å². The maximum absolute atomic E-state index is 13.2. The lowest BCUT2D eigenvalue weighted by Crippen LogP contribution is -2.27. The number of furan rings is 1. The number of ketones is 1. The van der Waals surface area contributed by atoms with E-state index in [0.717, 1.165) is 5.56 Å². The molecule has 0 fully saturated rings. The summed E-state index contributed by atoms with van der Waals surface area (Å²) in [5.74, 6) is -0.630. The molecule has 1 amide bonds. The van der Waals surface area contributed by atoms with Crippen molar-refractivity contribution in [2.75, 3.05) is 0 Å². The quantitative estimate of drug-likeness (QED) is 0.459. The van der Waals surface area contributed by atoms with Crippen molar-refractivity contribution in [3.63, 3.8) is 0 Å². The molecule has 0 aliphatic carbocycles. The van der Waals surface area contributed by atoms with Crippen molar-refractivity contribution in [2.24, 2.45) is 5.73 Å². The topological polar surface area (TPSA) is 126 Å². The van der Waals surface area contributed by atoms with Gasteiger partial charge in [-0.2, -0.15) is 0 Å². The number of hydrogen-bond acceptors (Lipinski definition) is 6. The minimum atomic E-state index is -0.828. The number of fused-ring (bicyclic) bond motifs is 1. The largest absolute Gasteiger partial charge is 0.461 e. The summed E-state index contributed by atoms with van der Waals surface area (Å²) >= 11 is 0. The van der Waals surface area contributed by atoms with Gasteiger partial charge in [0.15, 0.2) is 28.7 Å². The normalized spacial score (nSPS) is 11.2. The van der Waals surface area contributed by atoms with E-state index < -0.39 is 11.6 Å². The Morgan fingerprint density at radius 2 is 1.84 bits per heavy atom. The van der Waals surface area contributed by atoms with Crippen LogP contribution < -0.4 is 11.4 Å². The van der Waals surface area contributed by atoms with Crippen molar-refractivity contribution < 1.29 is 14.0 Å². The molecule has 3 aromatic heterocycles. The first kappa shape index (κ1) is 20.3. The van der Waals surface area contributed by atoms with E-state index in [1.165, 1.54) is 15.4 Å². The maximum atomic E-state index is 13.2. The predicted octanol–water partition coefficient (Wildman–Crippen LogP) is 2.55. The zero-order valence-corrected chi connectivity index (χ0v) is 17.2. The summed E-state index contributed by atoms with van der Waals surface area (Å²) in [7, 11) is 0. The van der Waals surface area contributed by atoms with Crippen LogP contribution in [0.1, 0.15) is 39.8 Å². The van der Waals surface area contributed by atoms with Crippen LogP contribution in [0.5, 0.6) is 0 Å². The molecule has 0 radical (unpaired) electrons. The third kappa shape index (κ3) is 3.65. The highest BCUT2D eigenvalue weighted by Gasteiger charge is 2.25. The standard InChI is InChI=1S/C22H21N5O4/c1-3-10-26-21-18(17(19(23)29)24-20(25-21)16-5-4-11-31-16)27(22(26)30)12-15(28)14-8-6-13(2)7-9-14/h4-9,11H,3,10,12H2,1-2H3,(H2,23,29). The molecule has 0 unspecified atom stereocenters. The Hall–Kier alpha value is -4.01. The number of hydrogen-bond donors (Lipinski definition) is 1. The molecule has 158 valence electrons. The molecule has 31 heavy (non-hydrogen) atoms. The molecule has 4 rings (SSSR count). The Bertz CT molecular complexity index is 1330. The minimum absolute atomic E-state index is 0.137. The van der Waals surface area contributed by atoms with Crippen LogP contribution in [0.2, 0.25) is 0 Å². The molecule has 0 saturated heterocycles. The number of carbonyl (C=O) groups excluding carboxylic acids is 2. The van der Waals surface area contributed by atoms with E-state index in [1.807, 2.05) is 26.0 Å². The first-order valence-electron chi connectivity index (χ1n) is 9.85. The van der Waals surface area contributed by atoms with Gasteiger partial charge in [-0.1, -0.05) is 36.8 Å². The smallest absolute Gasteiger partial charge is 0.330 e. The first-order valence-corrected chi connectivity index (χ1v) is 9.85. The molecule has 1 aromatic carbocycles. The number of primary amides is 1. The molecular formula is C22H21N5O4. The van der Waals surface area contributed by atoms with Crippen molar-refractivity contribution in [3.05, 3.63) is 70.0 Å². The lowest BCUT2D eigenvalue weighted by molar-refractivity contribution is 0.0966. The van der Waals surface area contributed by atoms with Gasteiger partial charge in [0.2, 0.25) is 0 Å². The Morgan fingerprint density at radius 3 is 2.45 bits per heavy atom. The van der Waals surface area contributed by atoms with Crippen LogP contribution in [0, 0.1) is 6.92 Å². The Kier molecular flexibility index (Phi) is 5.24. The number of benzene rings is 1. The second-order valence-electron chi connectivity index (χ2n) is 7.22. The van der Waals surface area contributed by atoms with E-state index in [1.54, 1.807) is 24.3 Å². The van der Waals surface area contributed by atoms with E-state index in [0.29, 0.717) is 24.3 Å². The third-order valence-corrected chi connectivity index (χ3v) is 4.95. The fourth-order valence-electron chi connectivity index (χ4n) is 3.45. The zero-order valence-electron chi connectivity index (χ0n) is 17.2. The lowest BCUT2D eigenvalue weighted by Gasteiger charge is -2.07. The zero-order chi connectivity index (χ0) is 22.1. The van der Waals surface area contributed by atoms with Crippen LogP contribution >= 0.6 is 0 Å². The van der Waals surface area contributed by atoms with E-state index in [9.17, 15) is 14.4 Å². The van der Waals surface area contributed by atoms with Crippen molar-refractivity contribution in [1.82, 2.24) is 19.1 Å². The van der Waals surface area contributed by atoms with Crippen molar-refractivity contribution in [2.45, 2.75) is 33.4 Å². The Balaban J connectivity index is 1.93.